The second kappa shape index (κ2) is 8.34. The number of carbonyl (C=O) groups is 2. The van der Waals surface area contributed by atoms with Crippen LogP contribution in [-0.2, 0) is 27.5 Å². The van der Waals surface area contributed by atoms with Gasteiger partial charge in [0, 0.05) is 6.54 Å². The lowest BCUT2D eigenvalue weighted by Crippen LogP contribution is -2.43. The zero-order valence-corrected chi connectivity index (χ0v) is 14.6. The van der Waals surface area contributed by atoms with Crippen LogP contribution in [0.2, 0.25) is 0 Å². The molecule has 2 aromatic carbocycles. The van der Waals surface area contributed by atoms with Crippen LogP contribution in [0.3, 0.4) is 0 Å². The number of ether oxygens (including phenoxy) is 2. The van der Waals surface area contributed by atoms with Crippen LogP contribution in [0.25, 0.3) is 0 Å². The maximum absolute atomic E-state index is 12.5. The number of benzene rings is 2. The van der Waals surface area contributed by atoms with Crippen molar-refractivity contribution in [3.63, 3.8) is 0 Å². The van der Waals surface area contributed by atoms with Crippen molar-refractivity contribution in [3.8, 4) is 0 Å². The molecule has 1 unspecified atom stereocenters. The van der Waals surface area contributed by atoms with Crippen molar-refractivity contribution >= 4 is 12.1 Å². The quantitative estimate of drug-likeness (QED) is 0.609. The van der Waals surface area contributed by atoms with Gasteiger partial charge in [-0.1, -0.05) is 66.7 Å². The van der Waals surface area contributed by atoms with Crippen LogP contribution in [0.4, 0.5) is 4.79 Å². The molecule has 1 atom stereocenters. The third-order valence-electron chi connectivity index (χ3n) is 4.24. The molecule has 0 N–H and O–H groups in total. The Balaban J connectivity index is 1.58. The van der Waals surface area contributed by atoms with Crippen LogP contribution < -0.4 is 0 Å². The van der Waals surface area contributed by atoms with Crippen LogP contribution in [0.5, 0.6) is 0 Å². The standard InChI is InChI=1S/C21H21NO4/c1-16-12-13-22(21(24)26-15-18-10-6-3-7-11-18)19(16)20(23)25-14-17-8-4-2-5-9-17/h2-12,19H,13-15H2,1H3. The van der Waals surface area contributed by atoms with Gasteiger partial charge in [-0.2, -0.15) is 0 Å². The fourth-order valence-corrected chi connectivity index (χ4v) is 2.81. The first-order valence-corrected chi connectivity index (χ1v) is 8.49. The van der Waals surface area contributed by atoms with Crippen LogP contribution in [0, 0.1) is 0 Å². The lowest BCUT2D eigenvalue weighted by molar-refractivity contribution is -0.148. The van der Waals surface area contributed by atoms with Gasteiger partial charge >= 0.3 is 12.1 Å². The first-order valence-electron chi connectivity index (χ1n) is 8.49. The summed E-state index contributed by atoms with van der Waals surface area (Å²) >= 11 is 0. The van der Waals surface area contributed by atoms with Gasteiger partial charge < -0.3 is 9.47 Å². The van der Waals surface area contributed by atoms with E-state index < -0.39 is 18.1 Å². The molecule has 1 amide bonds. The summed E-state index contributed by atoms with van der Waals surface area (Å²) in [5.41, 5.74) is 2.59. The van der Waals surface area contributed by atoms with Crippen LogP contribution in [0.15, 0.2) is 72.3 Å². The SMILES string of the molecule is CC1=CCN(C(=O)OCc2ccccc2)C1C(=O)OCc1ccccc1. The van der Waals surface area contributed by atoms with E-state index in [9.17, 15) is 9.59 Å². The molecule has 0 bridgehead atoms. The van der Waals surface area contributed by atoms with Crippen molar-refractivity contribution < 1.29 is 19.1 Å². The largest absolute Gasteiger partial charge is 0.459 e. The highest BCUT2D eigenvalue weighted by atomic mass is 16.6. The Kier molecular flexibility index (Phi) is 5.69. The summed E-state index contributed by atoms with van der Waals surface area (Å²) in [4.78, 5) is 26.3. The molecular weight excluding hydrogens is 330 g/mol. The monoisotopic (exact) mass is 351 g/mol. The summed E-state index contributed by atoms with van der Waals surface area (Å²) in [7, 11) is 0. The van der Waals surface area contributed by atoms with Gasteiger partial charge in [0.05, 0.1) is 0 Å². The molecule has 0 radical (unpaired) electrons. The molecule has 0 fully saturated rings. The Bertz CT molecular complexity index is 786. The number of carbonyl (C=O) groups excluding carboxylic acids is 2. The minimum absolute atomic E-state index is 0.168. The number of rotatable bonds is 5. The van der Waals surface area contributed by atoms with E-state index in [2.05, 4.69) is 0 Å². The molecule has 0 spiro atoms. The molecule has 5 heteroatoms. The van der Waals surface area contributed by atoms with Gasteiger partial charge in [0.25, 0.3) is 0 Å². The molecule has 1 heterocycles. The van der Waals surface area contributed by atoms with Gasteiger partial charge in [0.15, 0.2) is 6.04 Å². The Morgan fingerprint density at radius 3 is 2.04 bits per heavy atom. The van der Waals surface area contributed by atoms with E-state index in [1.54, 1.807) is 0 Å². The zero-order valence-electron chi connectivity index (χ0n) is 14.6. The normalized spacial score (nSPS) is 16.1. The molecule has 2 aromatic rings. The minimum atomic E-state index is -0.734. The second-order valence-electron chi connectivity index (χ2n) is 6.14. The van der Waals surface area contributed by atoms with E-state index >= 15 is 0 Å². The highest BCUT2D eigenvalue weighted by molar-refractivity contribution is 5.85. The molecule has 0 aliphatic carbocycles. The predicted octanol–water partition coefficient (Wildman–Crippen LogP) is 3.70. The smallest absolute Gasteiger partial charge is 0.411 e. The van der Waals surface area contributed by atoms with E-state index in [1.165, 1.54) is 4.90 Å². The summed E-state index contributed by atoms with van der Waals surface area (Å²) in [5.74, 6) is -0.447. The molecule has 5 nitrogen and oxygen atoms in total. The van der Waals surface area contributed by atoms with E-state index in [4.69, 9.17) is 9.47 Å². The van der Waals surface area contributed by atoms with Crippen molar-refractivity contribution in [1.82, 2.24) is 4.90 Å². The van der Waals surface area contributed by atoms with Crippen molar-refractivity contribution in [3.05, 3.63) is 83.4 Å². The Hall–Kier alpha value is -3.08. The Labute approximate surface area is 152 Å². The summed E-state index contributed by atoms with van der Waals surface area (Å²) in [6, 6.07) is 18.1. The minimum Gasteiger partial charge on any atom is -0.459 e. The maximum atomic E-state index is 12.5. The van der Waals surface area contributed by atoms with E-state index in [0.29, 0.717) is 6.54 Å². The molecule has 0 saturated heterocycles. The average molecular weight is 351 g/mol. The summed E-state index contributed by atoms with van der Waals surface area (Å²) in [6.07, 6.45) is 1.32. The summed E-state index contributed by atoms with van der Waals surface area (Å²) < 4.78 is 10.7. The zero-order chi connectivity index (χ0) is 18.4. The third kappa shape index (κ3) is 4.30. The Morgan fingerprint density at radius 1 is 0.923 bits per heavy atom. The molecular formula is C21H21NO4. The molecule has 1 aliphatic heterocycles. The van der Waals surface area contributed by atoms with E-state index in [-0.39, 0.29) is 13.2 Å². The fourth-order valence-electron chi connectivity index (χ4n) is 2.81. The highest BCUT2D eigenvalue weighted by Crippen LogP contribution is 2.21. The molecule has 134 valence electrons. The predicted molar refractivity (Wildman–Crippen MR) is 97.1 cm³/mol. The van der Waals surface area contributed by atoms with Gasteiger partial charge in [0.2, 0.25) is 0 Å². The lowest BCUT2D eigenvalue weighted by Gasteiger charge is -2.24. The van der Waals surface area contributed by atoms with Gasteiger partial charge in [-0.05, 0) is 23.6 Å². The van der Waals surface area contributed by atoms with Crippen molar-refractivity contribution in [2.75, 3.05) is 6.54 Å². The number of hydrogen-bond acceptors (Lipinski definition) is 4. The molecule has 3 rings (SSSR count). The number of amides is 1. The second-order valence-corrected chi connectivity index (χ2v) is 6.14. The molecule has 26 heavy (non-hydrogen) atoms. The van der Waals surface area contributed by atoms with Crippen LogP contribution in [-0.4, -0.2) is 29.5 Å². The van der Waals surface area contributed by atoms with Gasteiger partial charge in [0.1, 0.15) is 13.2 Å². The van der Waals surface area contributed by atoms with Crippen molar-refractivity contribution in [1.29, 1.82) is 0 Å². The third-order valence-corrected chi connectivity index (χ3v) is 4.24. The average Bonchev–Trinajstić information content (AvgIpc) is 3.07. The molecule has 0 saturated carbocycles. The van der Waals surface area contributed by atoms with Crippen molar-refractivity contribution in [2.45, 2.75) is 26.2 Å². The first kappa shape index (κ1) is 17.7. The summed E-state index contributed by atoms with van der Waals surface area (Å²) in [6.45, 7) is 2.50. The van der Waals surface area contributed by atoms with Crippen LogP contribution >= 0.6 is 0 Å². The maximum Gasteiger partial charge on any atom is 0.411 e. The van der Waals surface area contributed by atoms with Gasteiger partial charge in [-0.3, -0.25) is 4.90 Å². The van der Waals surface area contributed by atoms with E-state index in [0.717, 1.165) is 16.7 Å². The van der Waals surface area contributed by atoms with Gasteiger partial charge in [-0.25, -0.2) is 9.59 Å². The fraction of sp³-hybridized carbons (Fsp3) is 0.238. The topological polar surface area (TPSA) is 55.8 Å². The molecule has 0 aromatic heterocycles. The first-order chi connectivity index (χ1) is 12.6. The number of nitrogens with zero attached hydrogens (tertiary/aromatic N) is 1. The number of hydrogen-bond donors (Lipinski definition) is 0. The Morgan fingerprint density at radius 2 is 1.46 bits per heavy atom. The van der Waals surface area contributed by atoms with Crippen LogP contribution in [0.1, 0.15) is 18.1 Å². The summed E-state index contributed by atoms with van der Waals surface area (Å²) in [5, 5.41) is 0. The number of esters is 1. The van der Waals surface area contributed by atoms with Gasteiger partial charge in [-0.15, -0.1) is 0 Å². The van der Waals surface area contributed by atoms with Crippen molar-refractivity contribution in [2.24, 2.45) is 0 Å². The highest BCUT2D eigenvalue weighted by Gasteiger charge is 2.36. The molecule has 1 aliphatic rings. The van der Waals surface area contributed by atoms with E-state index in [1.807, 2.05) is 73.7 Å². The lowest BCUT2D eigenvalue weighted by atomic mass is 10.1.